The predicted molar refractivity (Wildman–Crippen MR) is 123 cm³/mol. The summed E-state index contributed by atoms with van der Waals surface area (Å²) in [7, 11) is 0. The third-order valence-electron chi connectivity index (χ3n) is 6.38. The first-order valence-corrected chi connectivity index (χ1v) is 11.1. The molecule has 3 heterocycles. The van der Waals surface area contributed by atoms with Gasteiger partial charge in [0, 0.05) is 30.7 Å². The van der Waals surface area contributed by atoms with E-state index in [1.165, 1.54) is 24.4 Å². The predicted octanol–water partition coefficient (Wildman–Crippen LogP) is 4.70. The Morgan fingerprint density at radius 1 is 1.32 bits per heavy atom. The van der Waals surface area contributed by atoms with Crippen molar-refractivity contribution in [3.8, 4) is 17.6 Å². The molecule has 7 nitrogen and oxygen atoms in total. The molecule has 0 radical (unpaired) electrons. The number of nitriles is 1. The summed E-state index contributed by atoms with van der Waals surface area (Å²) < 4.78 is 41.2. The van der Waals surface area contributed by atoms with Crippen LogP contribution in [0.25, 0.3) is 11.0 Å². The summed E-state index contributed by atoms with van der Waals surface area (Å²) in [5.41, 5.74) is 1.21. The van der Waals surface area contributed by atoms with Crippen LogP contribution in [0.1, 0.15) is 31.4 Å². The van der Waals surface area contributed by atoms with E-state index in [1.807, 2.05) is 13.8 Å². The number of aromatic amines is 1. The zero-order chi connectivity index (χ0) is 24.3. The van der Waals surface area contributed by atoms with E-state index in [0.717, 1.165) is 5.56 Å². The van der Waals surface area contributed by atoms with Crippen LogP contribution in [0.5, 0.6) is 11.5 Å². The van der Waals surface area contributed by atoms with Gasteiger partial charge in [-0.25, -0.2) is 13.8 Å². The molecule has 1 aliphatic rings. The number of aryl methyl sites for hydroxylation is 1. The quantitative estimate of drug-likeness (QED) is 0.499. The normalized spacial score (nSPS) is 18.0. The lowest BCUT2D eigenvalue weighted by molar-refractivity contribution is 0.0169. The highest BCUT2D eigenvalue weighted by molar-refractivity contribution is 5.86. The van der Waals surface area contributed by atoms with E-state index in [1.54, 1.807) is 6.20 Å². The van der Waals surface area contributed by atoms with Crippen molar-refractivity contribution in [3.05, 3.63) is 53.4 Å². The van der Waals surface area contributed by atoms with Crippen LogP contribution >= 0.6 is 0 Å². The van der Waals surface area contributed by atoms with E-state index >= 15 is 0 Å². The zero-order valence-corrected chi connectivity index (χ0v) is 19.1. The number of hydrogen-bond donors (Lipinski definition) is 2. The Labute approximate surface area is 196 Å². The second-order valence-electron chi connectivity index (χ2n) is 8.85. The highest BCUT2D eigenvalue weighted by Gasteiger charge is 2.37. The number of pyridine rings is 1. The van der Waals surface area contributed by atoms with Gasteiger partial charge in [-0.1, -0.05) is 13.8 Å². The van der Waals surface area contributed by atoms with Crippen molar-refractivity contribution < 1.29 is 23.4 Å². The molecular formula is C25H26F2N4O3. The van der Waals surface area contributed by atoms with E-state index < -0.39 is 22.8 Å². The van der Waals surface area contributed by atoms with Gasteiger partial charge >= 0.3 is 0 Å². The Kier molecular flexibility index (Phi) is 6.80. The Morgan fingerprint density at radius 3 is 2.71 bits per heavy atom. The molecule has 0 aliphatic carbocycles. The van der Waals surface area contributed by atoms with Crippen LogP contribution in [0.3, 0.4) is 0 Å². The van der Waals surface area contributed by atoms with Crippen LogP contribution in [0.15, 0.2) is 35.6 Å². The average molecular weight is 469 g/mol. The number of H-pyrrole nitrogens is 1. The van der Waals surface area contributed by atoms with E-state index in [9.17, 15) is 13.9 Å². The maximum atomic E-state index is 14.9. The number of aliphatic imine (C=N–C) groups is 1. The van der Waals surface area contributed by atoms with E-state index in [0.29, 0.717) is 48.5 Å². The first kappa shape index (κ1) is 23.6. The molecule has 0 bridgehead atoms. The molecule has 0 saturated heterocycles. The summed E-state index contributed by atoms with van der Waals surface area (Å²) in [4.78, 5) is 11.6. The summed E-state index contributed by atoms with van der Waals surface area (Å²) in [5, 5.41) is 19.2. The van der Waals surface area contributed by atoms with Gasteiger partial charge < -0.3 is 19.6 Å². The van der Waals surface area contributed by atoms with Crippen molar-refractivity contribution in [2.45, 2.75) is 33.1 Å². The number of aliphatic hydroxyl groups is 1. The largest absolute Gasteiger partial charge is 0.480 e. The molecule has 1 aromatic carbocycles. The monoisotopic (exact) mass is 468 g/mol. The Balaban J connectivity index is 1.56. The number of fused-ring (bicyclic) bond motifs is 1. The number of aromatic nitrogens is 2. The average Bonchev–Trinajstić information content (AvgIpc) is 3.24. The van der Waals surface area contributed by atoms with Gasteiger partial charge in [-0.2, -0.15) is 5.26 Å². The molecule has 34 heavy (non-hydrogen) atoms. The summed E-state index contributed by atoms with van der Waals surface area (Å²) in [6.07, 6.45) is 4.07. The van der Waals surface area contributed by atoms with Crippen molar-refractivity contribution in [3.63, 3.8) is 0 Å². The van der Waals surface area contributed by atoms with Gasteiger partial charge in [0.1, 0.15) is 11.4 Å². The Hall–Kier alpha value is -3.51. The molecule has 0 amide bonds. The molecule has 1 atom stereocenters. The second-order valence-corrected chi connectivity index (χ2v) is 8.85. The van der Waals surface area contributed by atoms with Gasteiger partial charge in [0.15, 0.2) is 23.3 Å². The molecule has 2 aromatic heterocycles. The minimum absolute atomic E-state index is 0.0433. The molecule has 0 saturated carbocycles. The molecule has 2 N–H and O–H groups in total. The molecule has 9 heteroatoms. The number of rotatable bonds is 8. The lowest BCUT2D eigenvalue weighted by Crippen LogP contribution is -2.43. The Morgan fingerprint density at radius 2 is 2.09 bits per heavy atom. The minimum atomic E-state index is -0.850. The third kappa shape index (κ3) is 4.59. The fraction of sp³-hybridized carbons (Fsp3) is 0.400. The third-order valence-corrected chi connectivity index (χ3v) is 6.38. The number of nitrogens with one attached hydrogen (secondary N) is 1. The maximum Gasteiger partial charge on any atom is 0.198 e. The van der Waals surface area contributed by atoms with Crippen LogP contribution in [0.2, 0.25) is 0 Å². The lowest BCUT2D eigenvalue weighted by Gasteiger charge is -2.37. The molecular weight excluding hydrogens is 442 g/mol. The molecule has 4 rings (SSSR count). The van der Waals surface area contributed by atoms with Crippen molar-refractivity contribution in [2.75, 3.05) is 19.8 Å². The van der Waals surface area contributed by atoms with Crippen LogP contribution in [-0.4, -0.2) is 40.7 Å². The van der Waals surface area contributed by atoms with E-state index in [2.05, 4.69) is 21.0 Å². The molecule has 3 aromatic rings. The summed E-state index contributed by atoms with van der Waals surface area (Å²) in [5.74, 6) is -1.42. The molecule has 0 fully saturated rings. The lowest BCUT2D eigenvalue weighted by atomic mass is 9.78. The minimum Gasteiger partial charge on any atom is -0.480 e. The van der Waals surface area contributed by atoms with Crippen molar-refractivity contribution >= 4 is 16.9 Å². The number of ether oxygens (including phenoxy) is 2. The van der Waals surface area contributed by atoms with Gasteiger partial charge in [0.05, 0.1) is 31.2 Å². The molecule has 1 aliphatic heterocycles. The highest BCUT2D eigenvalue weighted by atomic mass is 19.1. The number of aliphatic hydroxyl groups excluding tert-OH is 1. The topological polar surface area (TPSA) is 104 Å². The fourth-order valence-electron chi connectivity index (χ4n) is 3.96. The Bertz CT molecular complexity index is 1240. The summed E-state index contributed by atoms with van der Waals surface area (Å²) in [6.45, 7) is 4.65. The first-order chi connectivity index (χ1) is 16.4. The maximum absolute atomic E-state index is 14.9. The van der Waals surface area contributed by atoms with E-state index in [4.69, 9.17) is 14.7 Å². The SMILES string of the molecule is CC(C)C1(CO)CN=C(Cc2cc(F)c(Oc3ccnc4[nH]cc(CCC#N)c34)c(F)c2)OC1. The van der Waals surface area contributed by atoms with Gasteiger partial charge in [0.25, 0.3) is 0 Å². The fourth-order valence-corrected chi connectivity index (χ4v) is 3.96. The summed E-state index contributed by atoms with van der Waals surface area (Å²) in [6, 6.07) is 6.02. The van der Waals surface area contributed by atoms with Crippen LogP contribution in [-0.2, 0) is 17.6 Å². The van der Waals surface area contributed by atoms with Crippen LogP contribution < -0.4 is 4.74 Å². The standard InChI is InChI=1S/C25H26F2N4O3/c1-15(2)25(13-32)12-31-21(33-14-25)10-16-8-18(26)23(19(27)9-16)34-20-5-7-29-24-22(20)17(11-30-24)4-3-6-28/h5,7-9,11,15,32H,3-4,10,12-14H2,1-2H3,(H,29,30). The van der Waals surface area contributed by atoms with Crippen molar-refractivity contribution in [1.29, 1.82) is 5.26 Å². The highest BCUT2D eigenvalue weighted by Crippen LogP contribution is 2.35. The van der Waals surface area contributed by atoms with Crippen LogP contribution in [0, 0.1) is 34.3 Å². The van der Waals surface area contributed by atoms with Gasteiger partial charge in [-0.3, -0.25) is 4.99 Å². The first-order valence-electron chi connectivity index (χ1n) is 11.1. The van der Waals surface area contributed by atoms with E-state index in [-0.39, 0.29) is 24.7 Å². The van der Waals surface area contributed by atoms with Crippen LogP contribution in [0.4, 0.5) is 8.78 Å². The molecule has 0 spiro atoms. The molecule has 178 valence electrons. The molecule has 1 unspecified atom stereocenters. The zero-order valence-electron chi connectivity index (χ0n) is 19.1. The number of hydrogen-bond acceptors (Lipinski definition) is 6. The number of benzene rings is 1. The van der Waals surface area contributed by atoms with Gasteiger partial charge in [-0.15, -0.1) is 0 Å². The van der Waals surface area contributed by atoms with Crippen molar-refractivity contribution in [1.82, 2.24) is 9.97 Å². The second kappa shape index (κ2) is 9.77. The van der Waals surface area contributed by atoms with Crippen molar-refractivity contribution in [2.24, 2.45) is 16.3 Å². The van der Waals surface area contributed by atoms with Gasteiger partial charge in [-0.05, 0) is 41.7 Å². The number of halogens is 2. The summed E-state index contributed by atoms with van der Waals surface area (Å²) >= 11 is 0. The number of nitrogens with zero attached hydrogens (tertiary/aromatic N) is 3. The van der Waals surface area contributed by atoms with Gasteiger partial charge in [0.2, 0.25) is 0 Å². The smallest absolute Gasteiger partial charge is 0.198 e.